The van der Waals surface area contributed by atoms with Crippen LogP contribution < -0.4 is 5.32 Å². The molecule has 3 aliphatic heterocycles. The van der Waals surface area contributed by atoms with Gasteiger partial charge in [0.25, 0.3) is 0 Å². The predicted octanol–water partition coefficient (Wildman–Crippen LogP) is 2.94. The van der Waals surface area contributed by atoms with Crippen molar-refractivity contribution in [2.75, 3.05) is 58.3 Å². The number of carbonyl (C=O) groups is 1. The average Bonchev–Trinajstić information content (AvgIpc) is 3.39. The zero-order chi connectivity index (χ0) is 30.7. The molecular formula is C29H46F2N4O5S2. The van der Waals surface area contributed by atoms with Crippen molar-refractivity contribution in [3.8, 4) is 0 Å². The minimum absolute atomic E-state index is 0.0326. The molecule has 238 valence electrons. The average molecular weight is 633 g/mol. The number of sulfone groups is 1. The topological polar surface area (TPSA) is 107 Å². The third kappa shape index (κ3) is 7.88. The third-order valence-corrected chi connectivity index (χ3v) is 12.8. The van der Waals surface area contributed by atoms with E-state index in [2.05, 4.69) is 10.2 Å². The van der Waals surface area contributed by atoms with Gasteiger partial charge in [0.1, 0.15) is 16.5 Å². The Bertz CT molecular complexity index is 1280. The lowest BCUT2D eigenvalue weighted by Crippen LogP contribution is -2.53. The molecule has 42 heavy (non-hydrogen) atoms. The summed E-state index contributed by atoms with van der Waals surface area (Å²) >= 11 is 0. The van der Waals surface area contributed by atoms with Gasteiger partial charge in [-0.2, -0.15) is 0 Å². The smallest absolute Gasteiger partial charge is 0.225 e. The van der Waals surface area contributed by atoms with Gasteiger partial charge in [0, 0.05) is 51.1 Å². The maximum absolute atomic E-state index is 14.2. The normalized spacial score (nSPS) is 24.6. The van der Waals surface area contributed by atoms with E-state index >= 15 is 0 Å². The van der Waals surface area contributed by atoms with Crippen molar-refractivity contribution in [2.24, 2.45) is 5.92 Å². The summed E-state index contributed by atoms with van der Waals surface area (Å²) < 4.78 is 79.0. The van der Waals surface area contributed by atoms with Crippen LogP contribution in [0.4, 0.5) is 8.78 Å². The summed E-state index contributed by atoms with van der Waals surface area (Å²) in [5, 5.41) is 3.09. The van der Waals surface area contributed by atoms with Crippen LogP contribution in [0, 0.1) is 17.6 Å². The van der Waals surface area contributed by atoms with E-state index in [-0.39, 0.29) is 30.2 Å². The van der Waals surface area contributed by atoms with E-state index in [0.717, 1.165) is 45.0 Å². The van der Waals surface area contributed by atoms with Crippen molar-refractivity contribution in [3.05, 3.63) is 35.4 Å². The Balaban J connectivity index is 1.37. The van der Waals surface area contributed by atoms with Crippen LogP contribution in [0.1, 0.15) is 69.8 Å². The Morgan fingerprint density at radius 3 is 2.14 bits per heavy atom. The summed E-state index contributed by atoms with van der Waals surface area (Å²) in [4.78, 5) is 16.3. The number of nitrogens with zero attached hydrogens (tertiary/aromatic N) is 3. The highest BCUT2D eigenvalue weighted by Gasteiger charge is 2.46. The molecule has 0 aromatic heterocycles. The Morgan fingerprint density at radius 1 is 1.02 bits per heavy atom. The van der Waals surface area contributed by atoms with Gasteiger partial charge in [-0.25, -0.2) is 29.9 Å². The van der Waals surface area contributed by atoms with E-state index in [1.54, 1.807) is 0 Å². The second-order valence-corrected chi connectivity index (χ2v) is 16.6. The minimum Gasteiger partial charge on any atom is -0.340 e. The van der Waals surface area contributed by atoms with Crippen LogP contribution in [0.3, 0.4) is 0 Å². The van der Waals surface area contributed by atoms with Gasteiger partial charge in [0.05, 0.1) is 12.7 Å². The highest BCUT2D eigenvalue weighted by molar-refractivity contribution is 7.92. The van der Waals surface area contributed by atoms with Crippen LogP contribution in [0.15, 0.2) is 18.2 Å². The number of hydrogen-bond acceptors (Lipinski definition) is 7. The molecule has 4 rings (SSSR count). The lowest BCUT2D eigenvalue weighted by atomic mass is 9.78. The van der Waals surface area contributed by atoms with Crippen LogP contribution in [-0.2, 0) is 24.7 Å². The van der Waals surface area contributed by atoms with E-state index < -0.39 is 36.4 Å². The first kappa shape index (κ1) is 33.2. The largest absolute Gasteiger partial charge is 0.340 e. The number of nitrogens with one attached hydrogen (secondary N) is 1. The number of rotatable bonds is 11. The number of piperidine rings is 2. The maximum Gasteiger partial charge on any atom is 0.225 e. The molecule has 0 bridgehead atoms. The molecule has 3 saturated heterocycles. The number of halogens is 2. The zero-order valence-electron chi connectivity index (χ0n) is 25.0. The van der Waals surface area contributed by atoms with Crippen LogP contribution in [0.5, 0.6) is 0 Å². The molecule has 2 atom stereocenters. The minimum atomic E-state index is -3.45. The van der Waals surface area contributed by atoms with Gasteiger partial charge in [-0.1, -0.05) is 0 Å². The summed E-state index contributed by atoms with van der Waals surface area (Å²) in [5.74, 6) is -1.35. The van der Waals surface area contributed by atoms with Crippen molar-refractivity contribution in [1.29, 1.82) is 0 Å². The number of benzene rings is 1. The molecule has 3 heterocycles. The van der Waals surface area contributed by atoms with E-state index in [1.165, 1.54) is 28.9 Å². The molecule has 0 spiro atoms. The molecule has 0 saturated carbocycles. The van der Waals surface area contributed by atoms with Gasteiger partial charge in [-0.15, -0.1) is 0 Å². The second kappa shape index (κ2) is 13.5. The van der Waals surface area contributed by atoms with Crippen molar-refractivity contribution in [3.63, 3.8) is 0 Å². The Kier molecular flexibility index (Phi) is 10.7. The van der Waals surface area contributed by atoms with Crippen molar-refractivity contribution in [2.45, 2.75) is 75.1 Å². The van der Waals surface area contributed by atoms with Crippen LogP contribution in [-0.4, -0.2) is 106 Å². The fourth-order valence-corrected chi connectivity index (χ4v) is 9.35. The molecule has 0 aliphatic carbocycles. The quantitative estimate of drug-likeness (QED) is 0.400. The molecule has 3 fully saturated rings. The molecule has 1 amide bonds. The van der Waals surface area contributed by atoms with E-state index in [1.807, 2.05) is 11.8 Å². The molecular weight excluding hydrogens is 586 g/mol. The summed E-state index contributed by atoms with van der Waals surface area (Å²) in [5.41, 5.74) is 0.614. The van der Waals surface area contributed by atoms with Gasteiger partial charge >= 0.3 is 0 Å². The van der Waals surface area contributed by atoms with Crippen molar-refractivity contribution in [1.82, 2.24) is 19.4 Å². The molecule has 1 aromatic carbocycles. The first-order chi connectivity index (χ1) is 19.7. The number of likely N-dealkylation sites (tertiary alicyclic amines) is 1. The molecule has 9 nitrogen and oxygen atoms in total. The SMILES string of the molecule is CCN(C(=O)C[C@@]1(S(C)(=O)=O)CCCN1)C1CCN(CC[C@@H](c2cc(F)cc(F)c2)C2CCN(S(C)(=O)=O)CC2)CC1. The molecule has 13 heteroatoms. The standard InChI is InChI=1S/C29H46F2N4O5S2/c1-4-35(28(36)21-29(41(2,37)38)11-5-12-32-29)26-8-13-33(14-9-26)15-10-27(23-18-24(30)20-25(31)19-23)22-6-16-34(17-7-22)42(3,39)40/h18-20,22,26-27,32H,4-17,21H2,1-3H3/t27-,29+/m1/s1. The van der Waals surface area contributed by atoms with Crippen molar-refractivity contribution < 1.29 is 30.4 Å². The van der Waals surface area contributed by atoms with Crippen LogP contribution in [0.25, 0.3) is 0 Å². The summed E-state index contributed by atoms with van der Waals surface area (Å²) in [6, 6.07) is 3.70. The number of hydrogen-bond donors (Lipinski definition) is 1. The maximum atomic E-state index is 14.2. The Labute approximate surface area is 250 Å². The Morgan fingerprint density at radius 2 is 1.64 bits per heavy atom. The number of carbonyl (C=O) groups excluding carboxylic acids is 1. The predicted molar refractivity (Wildman–Crippen MR) is 159 cm³/mol. The van der Waals surface area contributed by atoms with Gasteiger partial charge in [-0.3, -0.25) is 10.1 Å². The summed E-state index contributed by atoms with van der Waals surface area (Å²) in [6.45, 7) is 6.09. The fraction of sp³-hybridized carbons (Fsp3) is 0.759. The first-order valence-electron chi connectivity index (χ1n) is 15.1. The van der Waals surface area contributed by atoms with Crippen LogP contribution in [0.2, 0.25) is 0 Å². The monoisotopic (exact) mass is 632 g/mol. The fourth-order valence-electron chi connectivity index (χ4n) is 7.21. The van der Waals surface area contributed by atoms with Crippen molar-refractivity contribution >= 4 is 25.8 Å². The van der Waals surface area contributed by atoms with Gasteiger partial charge in [0.15, 0.2) is 9.84 Å². The molecule has 0 radical (unpaired) electrons. The van der Waals surface area contributed by atoms with E-state index in [9.17, 15) is 30.4 Å². The third-order valence-electron chi connectivity index (χ3n) is 9.62. The number of sulfonamides is 1. The molecule has 3 aliphatic rings. The summed E-state index contributed by atoms with van der Waals surface area (Å²) in [7, 11) is -6.73. The molecule has 1 aromatic rings. The lowest BCUT2D eigenvalue weighted by Gasteiger charge is -2.40. The van der Waals surface area contributed by atoms with Gasteiger partial charge in [-0.05, 0) is 94.5 Å². The highest BCUT2D eigenvalue weighted by atomic mass is 32.2. The molecule has 0 unspecified atom stereocenters. The van der Waals surface area contributed by atoms with E-state index in [0.29, 0.717) is 57.4 Å². The van der Waals surface area contributed by atoms with Gasteiger partial charge < -0.3 is 9.80 Å². The summed E-state index contributed by atoms with van der Waals surface area (Å²) in [6.07, 6.45) is 7.02. The Hall–Kier alpha value is -1.67. The highest BCUT2D eigenvalue weighted by Crippen LogP contribution is 2.37. The van der Waals surface area contributed by atoms with Gasteiger partial charge in [0.2, 0.25) is 15.9 Å². The number of amides is 1. The lowest BCUT2D eigenvalue weighted by molar-refractivity contribution is -0.135. The first-order valence-corrected chi connectivity index (χ1v) is 18.8. The second-order valence-electron chi connectivity index (χ2n) is 12.3. The van der Waals surface area contributed by atoms with Crippen LogP contribution >= 0.6 is 0 Å². The molecule has 1 N–H and O–H groups in total. The van der Waals surface area contributed by atoms with E-state index in [4.69, 9.17) is 0 Å². The zero-order valence-corrected chi connectivity index (χ0v) is 26.7.